The number of likely N-dealkylation sites (N-methyl/N-ethyl adjacent to an activating group) is 1. The quantitative estimate of drug-likeness (QED) is 0.608. The fraction of sp³-hybridized carbons (Fsp3) is 0.545. The van der Waals surface area contributed by atoms with E-state index in [1.807, 2.05) is 6.92 Å². The van der Waals surface area contributed by atoms with Crippen molar-refractivity contribution in [3.8, 4) is 0 Å². The molecule has 0 spiro atoms. The summed E-state index contributed by atoms with van der Waals surface area (Å²) in [4.78, 5) is 21.3. The van der Waals surface area contributed by atoms with E-state index >= 15 is 0 Å². The van der Waals surface area contributed by atoms with Crippen LogP contribution in [-0.4, -0.2) is 49.7 Å². The number of hydrogen-bond donors (Lipinski definition) is 1. The number of nitrogens with one attached hydrogen (secondary N) is 1. The molecule has 0 atom stereocenters. The SMILES string of the molecule is COCCNC(=O)CN(C)c1ncnc(Cl)c1C. The zero-order valence-corrected chi connectivity index (χ0v) is 11.5. The smallest absolute Gasteiger partial charge is 0.239 e. The third-order valence-electron chi connectivity index (χ3n) is 2.37. The van der Waals surface area contributed by atoms with Gasteiger partial charge in [-0.1, -0.05) is 11.6 Å². The molecule has 0 aliphatic carbocycles. The van der Waals surface area contributed by atoms with E-state index in [0.29, 0.717) is 24.1 Å². The van der Waals surface area contributed by atoms with Gasteiger partial charge < -0.3 is 15.0 Å². The van der Waals surface area contributed by atoms with Crippen LogP contribution in [0.3, 0.4) is 0 Å². The lowest BCUT2D eigenvalue weighted by Crippen LogP contribution is -2.37. The molecule has 1 heterocycles. The molecule has 0 unspecified atom stereocenters. The number of ether oxygens (including phenoxy) is 1. The van der Waals surface area contributed by atoms with Crippen molar-refractivity contribution >= 4 is 23.3 Å². The molecule has 1 aromatic heterocycles. The summed E-state index contributed by atoms with van der Waals surface area (Å²) in [6, 6.07) is 0. The Labute approximate surface area is 111 Å². The number of nitrogens with zero attached hydrogens (tertiary/aromatic N) is 3. The first kappa shape index (κ1) is 14.7. The van der Waals surface area contributed by atoms with Crippen molar-refractivity contribution in [3.05, 3.63) is 17.0 Å². The van der Waals surface area contributed by atoms with Crippen LogP contribution in [0.25, 0.3) is 0 Å². The van der Waals surface area contributed by atoms with E-state index in [9.17, 15) is 4.79 Å². The van der Waals surface area contributed by atoms with Crippen molar-refractivity contribution < 1.29 is 9.53 Å². The summed E-state index contributed by atoms with van der Waals surface area (Å²) < 4.78 is 4.85. The summed E-state index contributed by atoms with van der Waals surface area (Å²) in [7, 11) is 3.37. The van der Waals surface area contributed by atoms with Crippen molar-refractivity contribution in [1.82, 2.24) is 15.3 Å². The lowest BCUT2D eigenvalue weighted by molar-refractivity contribution is -0.119. The summed E-state index contributed by atoms with van der Waals surface area (Å²) in [6.07, 6.45) is 1.38. The minimum absolute atomic E-state index is 0.0938. The van der Waals surface area contributed by atoms with Crippen molar-refractivity contribution in [3.63, 3.8) is 0 Å². The number of carbonyl (C=O) groups is 1. The number of halogens is 1. The van der Waals surface area contributed by atoms with E-state index < -0.39 is 0 Å². The Morgan fingerprint density at radius 1 is 1.56 bits per heavy atom. The molecule has 0 radical (unpaired) electrons. The molecule has 0 aliphatic rings. The number of carbonyl (C=O) groups excluding carboxylic acids is 1. The number of amides is 1. The minimum atomic E-state index is -0.0938. The van der Waals surface area contributed by atoms with Gasteiger partial charge in [0.25, 0.3) is 0 Å². The summed E-state index contributed by atoms with van der Waals surface area (Å²) in [5.41, 5.74) is 0.756. The number of hydrogen-bond acceptors (Lipinski definition) is 5. The zero-order valence-electron chi connectivity index (χ0n) is 10.7. The Hall–Kier alpha value is -1.40. The van der Waals surface area contributed by atoms with Gasteiger partial charge in [0.15, 0.2) is 0 Å². The van der Waals surface area contributed by atoms with Crippen LogP contribution in [0, 0.1) is 6.92 Å². The highest BCUT2D eigenvalue weighted by molar-refractivity contribution is 6.30. The summed E-state index contributed by atoms with van der Waals surface area (Å²) >= 11 is 5.90. The van der Waals surface area contributed by atoms with Crippen LogP contribution in [0.15, 0.2) is 6.33 Å². The predicted molar refractivity (Wildman–Crippen MR) is 69.9 cm³/mol. The third-order valence-corrected chi connectivity index (χ3v) is 2.75. The van der Waals surface area contributed by atoms with Crippen molar-refractivity contribution in [2.24, 2.45) is 0 Å². The molecular weight excluding hydrogens is 256 g/mol. The standard InChI is InChI=1S/C11H17ClN4O2/c1-8-10(12)14-7-15-11(8)16(2)6-9(17)13-4-5-18-3/h7H,4-6H2,1-3H3,(H,13,17). The van der Waals surface area contributed by atoms with Gasteiger partial charge in [0.1, 0.15) is 17.3 Å². The lowest BCUT2D eigenvalue weighted by atomic mass is 10.3. The van der Waals surface area contributed by atoms with E-state index in [4.69, 9.17) is 16.3 Å². The van der Waals surface area contributed by atoms with E-state index in [-0.39, 0.29) is 12.5 Å². The van der Waals surface area contributed by atoms with Gasteiger partial charge in [-0.15, -0.1) is 0 Å². The lowest BCUT2D eigenvalue weighted by Gasteiger charge is -2.19. The molecule has 0 saturated heterocycles. The molecule has 7 heteroatoms. The second-order valence-corrected chi connectivity index (χ2v) is 4.17. The first-order valence-electron chi connectivity index (χ1n) is 5.50. The summed E-state index contributed by atoms with van der Waals surface area (Å²) in [5.74, 6) is 0.556. The van der Waals surface area contributed by atoms with E-state index in [2.05, 4.69) is 15.3 Å². The molecule has 0 aromatic carbocycles. The van der Waals surface area contributed by atoms with Gasteiger partial charge in [-0.2, -0.15) is 0 Å². The van der Waals surface area contributed by atoms with Crippen LogP contribution in [0.4, 0.5) is 5.82 Å². The molecule has 0 aliphatic heterocycles. The molecule has 1 aromatic rings. The molecule has 6 nitrogen and oxygen atoms in total. The second kappa shape index (κ2) is 7.13. The van der Waals surface area contributed by atoms with Crippen LogP contribution in [0.1, 0.15) is 5.56 Å². The van der Waals surface area contributed by atoms with Crippen LogP contribution < -0.4 is 10.2 Å². The van der Waals surface area contributed by atoms with Crippen molar-refractivity contribution in [2.45, 2.75) is 6.92 Å². The maximum absolute atomic E-state index is 11.6. The number of rotatable bonds is 6. The van der Waals surface area contributed by atoms with E-state index in [0.717, 1.165) is 5.56 Å². The average Bonchev–Trinajstić information content (AvgIpc) is 2.32. The fourth-order valence-corrected chi connectivity index (χ4v) is 1.57. The van der Waals surface area contributed by atoms with E-state index in [1.165, 1.54) is 6.33 Å². The molecule has 0 bridgehead atoms. The van der Waals surface area contributed by atoms with Gasteiger partial charge in [-0.05, 0) is 6.92 Å². The van der Waals surface area contributed by atoms with Gasteiger partial charge in [-0.3, -0.25) is 4.79 Å². The summed E-state index contributed by atoms with van der Waals surface area (Å²) in [6.45, 7) is 3.01. The highest BCUT2D eigenvalue weighted by Crippen LogP contribution is 2.20. The Kier molecular flexibility index (Phi) is 5.80. The molecule has 1 N–H and O–H groups in total. The van der Waals surface area contributed by atoms with Gasteiger partial charge in [0.2, 0.25) is 5.91 Å². The first-order chi connectivity index (χ1) is 8.56. The van der Waals surface area contributed by atoms with Crippen LogP contribution >= 0.6 is 11.6 Å². The van der Waals surface area contributed by atoms with E-state index in [1.54, 1.807) is 19.1 Å². The number of anilines is 1. The average molecular weight is 273 g/mol. The maximum Gasteiger partial charge on any atom is 0.239 e. The summed E-state index contributed by atoms with van der Waals surface area (Å²) in [5, 5.41) is 3.13. The molecule has 100 valence electrons. The predicted octanol–water partition coefficient (Wildman–Crippen LogP) is 0.637. The molecule has 1 rings (SSSR count). The Morgan fingerprint density at radius 2 is 2.28 bits per heavy atom. The van der Waals surface area contributed by atoms with Gasteiger partial charge in [-0.25, -0.2) is 9.97 Å². The van der Waals surface area contributed by atoms with Gasteiger partial charge in [0.05, 0.1) is 13.2 Å². The second-order valence-electron chi connectivity index (χ2n) is 3.81. The molecule has 0 fully saturated rings. The van der Waals surface area contributed by atoms with Crippen molar-refractivity contribution in [1.29, 1.82) is 0 Å². The fourth-order valence-electron chi connectivity index (χ4n) is 1.44. The molecule has 18 heavy (non-hydrogen) atoms. The monoisotopic (exact) mass is 272 g/mol. The topological polar surface area (TPSA) is 67.3 Å². The highest BCUT2D eigenvalue weighted by Gasteiger charge is 2.12. The Morgan fingerprint density at radius 3 is 2.94 bits per heavy atom. The van der Waals surface area contributed by atoms with Crippen LogP contribution in [-0.2, 0) is 9.53 Å². The normalized spacial score (nSPS) is 10.2. The van der Waals surface area contributed by atoms with Gasteiger partial charge in [0, 0.05) is 26.3 Å². The molecule has 1 amide bonds. The maximum atomic E-state index is 11.6. The third kappa shape index (κ3) is 4.12. The molecule has 0 saturated carbocycles. The van der Waals surface area contributed by atoms with Crippen LogP contribution in [0.5, 0.6) is 0 Å². The molecular formula is C11H17ClN4O2. The zero-order chi connectivity index (χ0) is 13.5. The largest absolute Gasteiger partial charge is 0.383 e. The first-order valence-corrected chi connectivity index (χ1v) is 5.88. The number of methoxy groups -OCH3 is 1. The highest BCUT2D eigenvalue weighted by atomic mass is 35.5. The minimum Gasteiger partial charge on any atom is -0.383 e. The Bertz CT molecular complexity index is 414. The van der Waals surface area contributed by atoms with Gasteiger partial charge >= 0.3 is 0 Å². The number of aromatic nitrogens is 2. The van der Waals surface area contributed by atoms with Crippen molar-refractivity contribution in [2.75, 3.05) is 38.8 Å². The van der Waals surface area contributed by atoms with Crippen LogP contribution in [0.2, 0.25) is 5.15 Å². The Balaban J connectivity index is 2.57.